The Morgan fingerprint density at radius 3 is 1.81 bits per heavy atom. The highest BCUT2D eigenvalue weighted by Crippen LogP contribution is 2.21. The van der Waals surface area contributed by atoms with Crippen LogP contribution in [-0.4, -0.2) is 23.1 Å². The molecule has 0 unspecified atom stereocenters. The van der Waals surface area contributed by atoms with Crippen molar-refractivity contribution in [1.82, 2.24) is 0 Å². The number of esters is 1. The third-order valence-electron chi connectivity index (χ3n) is 2.08. The van der Waals surface area contributed by atoms with Gasteiger partial charge in [0.25, 0.3) is 0 Å². The smallest absolute Gasteiger partial charge is 0.311 e. The molecule has 0 rings (SSSR count). The minimum Gasteiger partial charge on any atom is -0.481 e. The molecule has 0 aliphatic heterocycles. The van der Waals surface area contributed by atoms with Crippen molar-refractivity contribution in [3.63, 3.8) is 0 Å². The van der Waals surface area contributed by atoms with Gasteiger partial charge >= 0.3 is 11.9 Å². The zero-order chi connectivity index (χ0) is 13.4. The zero-order valence-electron chi connectivity index (χ0n) is 11.2. The van der Waals surface area contributed by atoms with Crippen molar-refractivity contribution in [2.75, 3.05) is 0 Å². The first-order valence-electron chi connectivity index (χ1n) is 5.60. The summed E-state index contributed by atoms with van der Waals surface area (Å²) >= 11 is 0. The number of carbonyl (C=O) groups is 2. The number of hydrogen-bond donors (Lipinski definition) is 1. The first-order chi connectivity index (χ1) is 7.17. The summed E-state index contributed by atoms with van der Waals surface area (Å²) in [5, 5.41) is 7.72. The lowest BCUT2D eigenvalue weighted by molar-refractivity contribution is -0.158. The molecule has 0 heterocycles. The average Bonchev–Trinajstić information content (AvgIpc) is 2.17. The number of carboxylic acids is 1. The number of carbonyl (C=O) groups excluding carboxylic acids is 1. The van der Waals surface area contributed by atoms with E-state index in [4.69, 9.17) is 9.84 Å². The van der Waals surface area contributed by atoms with Gasteiger partial charge in [0.15, 0.2) is 0 Å². The molecule has 0 saturated heterocycles. The van der Waals surface area contributed by atoms with Gasteiger partial charge in [0, 0.05) is 6.42 Å². The van der Waals surface area contributed by atoms with Gasteiger partial charge in [-0.2, -0.15) is 0 Å². The highest BCUT2D eigenvalue weighted by molar-refractivity contribution is 5.75. The van der Waals surface area contributed by atoms with Crippen LogP contribution in [0.4, 0.5) is 0 Å². The number of hydrogen-bond acceptors (Lipinski definition) is 3. The van der Waals surface area contributed by atoms with E-state index in [2.05, 4.69) is 0 Å². The lowest BCUT2D eigenvalue weighted by atomic mass is 9.91. The Hall–Kier alpha value is -1.06. The van der Waals surface area contributed by atoms with Gasteiger partial charge in [-0.15, -0.1) is 0 Å². The van der Waals surface area contributed by atoms with Crippen molar-refractivity contribution in [1.29, 1.82) is 0 Å². The van der Waals surface area contributed by atoms with Gasteiger partial charge < -0.3 is 9.84 Å². The molecular weight excluding hydrogens is 208 g/mol. The summed E-state index contributed by atoms with van der Waals surface area (Å²) in [4.78, 5) is 20.7. The fraction of sp³-hybridized carbons (Fsp3) is 0.833. The molecule has 96 valence electrons. The Bertz CT molecular complexity index is 219. The molecule has 4 heteroatoms. The Kier molecular flexibility index (Phi) is 8.81. The lowest BCUT2D eigenvalue weighted by Gasteiger charge is -2.21. The van der Waals surface area contributed by atoms with E-state index in [1.165, 1.54) is 0 Å². The third-order valence-corrected chi connectivity index (χ3v) is 2.08. The largest absolute Gasteiger partial charge is 0.481 e. The Labute approximate surface area is 98.0 Å². The van der Waals surface area contributed by atoms with Crippen LogP contribution < -0.4 is 0 Å². The van der Waals surface area contributed by atoms with Gasteiger partial charge in [0.1, 0.15) is 0 Å². The first-order valence-corrected chi connectivity index (χ1v) is 5.60. The van der Waals surface area contributed by atoms with Crippen LogP contribution in [0.5, 0.6) is 0 Å². The maximum Gasteiger partial charge on any atom is 0.311 e. The Balaban J connectivity index is 0. The van der Waals surface area contributed by atoms with Gasteiger partial charge in [-0.05, 0) is 34.1 Å². The summed E-state index contributed by atoms with van der Waals surface area (Å²) in [6.07, 6.45) is 1.03. The van der Waals surface area contributed by atoms with E-state index >= 15 is 0 Å². The molecule has 4 nitrogen and oxygen atoms in total. The molecule has 16 heavy (non-hydrogen) atoms. The zero-order valence-corrected chi connectivity index (χ0v) is 11.2. The molecule has 0 amide bonds. The summed E-state index contributed by atoms with van der Waals surface area (Å²) in [5.41, 5.74) is -0.329. The molecule has 0 aliphatic carbocycles. The summed E-state index contributed by atoms with van der Waals surface area (Å²) < 4.78 is 5.07. The van der Waals surface area contributed by atoms with E-state index < -0.39 is 5.97 Å². The second kappa shape index (κ2) is 8.13. The summed E-state index contributed by atoms with van der Waals surface area (Å²) in [5.74, 6) is -0.847. The third kappa shape index (κ3) is 9.49. The minimum absolute atomic E-state index is 0.00618. The van der Waals surface area contributed by atoms with Crippen LogP contribution in [0.2, 0.25) is 0 Å². The molecule has 0 spiro atoms. The van der Waals surface area contributed by atoms with Crippen LogP contribution in [0, 0.1) is 5.41 Å². The van der Waals surface area contributed by atoms with Gasteiger partial charge in [0.05, 0.1) is 11.5 Å². The molecule has 0 radical (unpaired) electrons. The first kappa shape index (κ1) is 17.3. The summed E-state index contributed by atoms with van der Waals surface area (Å²) in [6.45, 7) is 11.1. The van der Waals surface area contributed by atoms with Crippen LogP contribution in [0.3, 0.4) is 0 Å². The number of ether oxygens (including phenoxy) is 1. The lowest BCUT2D eigenvalue weighted by Crippen LogP contribution is -2.28. The fourth-order valence-corrected chi connectivity index (χ4v) is 0.518. The SMILES string of the molecule is CCC(=O)O.CCC(C)(C)C(=O)OC(C)C. The molecule has 1 N–H and O–H groups in total. The normalized spacial score (nSPS) is 10.4. The second-order valence-electron chi connectivity index (χ2n) is 4.44. The Morgan fingerprint density at radius 2 is 1.62 bits per heavy atom. The van der Waals surface area contributed by atoms with E-state index in [-0.39, 0.29) is 23.9 Å². The molecule has 0 bridgehead atoms. The van der Waals surface area contributed by atoms with E-state index in [9.17, 15) is 9.59 Å². The number of rotatable bonds is 4. The summed E-state index contributed by atoms with van der Waals surface area (Å²) in [6, 6.07) is 0. The van der Waals surface area contributed by atoms with Crippen LogP contribution in [0.25, 0.3) is 0 Å². The number of aliphatic carboxylic acids is 1. The molecule has 0 aromatic carbocycles. The van der Waals surface area contributed by atoms with E-state index in [1.807, 2.05) is 34.6 Å². The predicted molar refractivity (Wildman–Crippen MR) is 63.2 cm³/mol. The fourth-order valence-electron chi connectivity index (χ4n) is 0.518. The van der Waals surface area contributed by atoms with Crippen molar-refractivity contribution < 1.29 is 19.4 Å². The van der Waals surface area contributed by atoms with Gasteiger partial charge in [-0.3, -0.25) is 9.59 Å². The Morgan fingerprint density at radius 1 is 1.25 bits per heavy atom. The standard InChI is InChI=1S/C9H18O2.C3H6O2/c1-6-9(4,5)8(10)11-7(2)3;1-2-3(4)5/h7H,6H2,1-5H3;2H2,1H3,(H,4,5). The van der Waals surface area contributed by atoms with E-state index in [1.54, 1.807) is 6.92 Å². The molecule has 0 fully saturated rings. The topological polar surface area (TPSA) is 63.6 Å². The second-order valence-corrected chi connectivity index (χ2v) is 4.44. The highest BCUT2D eigenvalue weighted by Gasteiger charge is 2.27. The maximum absolute atomic E-state index is 11.3. The monoisotopic (exact) mass is 232 g/mol. The van der Waals surface area contributed by atoms with Crippen molar-refractivity contribution >= 4 is 11.9 Å². The predicted octanol–water partition coefficient (Wildman–Crippen LogP) is 2.86. The molecule has 0 aromatic rings. The van der Waals surface area contributed by atoms with Crippen molar-refractivity contribution in [3.8, 4) is 0 Å². The quantitative estimate of drug-likeness (QED) is 0.757. The maximum atomic E-state index is 11.3. The molecule has 0 saturated carbocycles. The van der Waals surface area contributed by atoms with Crippen molar-refractivity contribution in [2.24, 2.45) is 5.41 Å². The van der Waals surface area contributed by atoms with E-state index in [0.717, 1.165) is 6.42 Å². The average molecular weight is 232 g/mol. The molecule has 0 atom stereocenters. The van der Waals surface area contributed by atoms with Gasteiger partial charge in [-0.1, -0.05) is 13.8 Å². The molecular formula is C12H24O4. The van der Waals surface area contributed by atoms with Gasteiger partial charge in [0.2, 0.25) is 0 Å². The number of carboxylic acid groups (broad SMARTS) is 1. The molecule has 0 aromatic heterocycles. The highest BCUT2D eigenvalue weighted by atomic mass is 16.5. The minimum atomic E-state index is -0.745. The van der Waals surface area contributed by atoms with Crippen LogP contribution in [0.15, 0.2) is 0 Å². The van der Waals surface area contributed by atoms with Crippen molar-refractivity contribution in [3.05, 3.63) is 0 Å². The molecule has 0 aliphatic rings. The summed E-state index contributed by atoms with van der Waals surface area (Å²) in [7, 11) is 0. The van der Waals surface area contributed by atoms with E-state index in [0.29, 0.717) is 0 Å². The van der Waals surface area contributed by atoms with Crippen LogP contribution >= 0.6 is 0 Å². The van der Waals surface area contributed by atoms with Crippen LogP contribution in [-0.2, 0) is 14.3 Å². The van der Waals surface area contributed by atoms with Gasteiger partial charge in [-0.25, -0.2) is 0 Å². The van der Waals surface area contributed by atoms with Crippen LogP contribution in [0.1, 0.15) is 54.4 Å². The van der Waals surface area contributed by atoms with Crippen molar-refractivity contribution in [2.45, 2.75) is 60.5 Å².